The Bertz CT molecular complexity index is 431. The van der Waals surface area contributed by atoms with Gasteiger partial charge in [-0.25, -0.2) is 0 Å². The Kier molecular flexibility index (Phi) is 3.08. The summed E-state index contributed by atoms with van der Waals surface area (Å²) < 4.78 is 0. The van der Waals surface area contributed by atoms with Gasteiger partial charge < -0.3 is 10.0 Å². The first-order valence-electron chi connectivity index (χ1n) is 6.75. The summed E-state index contributed by atoms with van der Waals surface area (Å²) in [5.74, 6) is 0.405. The molecule has 0 aromatic heterocycles. The Morgan fingerprint density at radius 2 is 2.00 bits per heavy atom. The lowest BCUT2D eigenvalue weighted by molar-refractivity contribution is -0.145. The van der Waals surface area contributed by atoms with Crippen LogP contribution in [0.2, 0.25) is 0 Å². The standard InChI is InChI=1S/C15H19NO2/c17-14-7-6-13-8-12(14)9-15(18)16(13)10-11-4-2-1-3-5-11/h1-5,12-14,17H,6-10H2/t12-,13+,14-/m0/s1. The second kappa shape index (κ2) is 4.73. The van der Waals surface area contributed by atoms with Gasteiger partial charge in [0.25, 0.3) is 0 Å². The quantitative estimate of drug-likeness (QED) is 0.865. The van der Waals surface area contributed by atoms with Crippen LogP contribution >= 0.6 is 0 Å². The minimum Gasteiger partial charge on any atom is -0.393 e. The van der Waals surface area contributed by atoms with Gasteiger partial charge in [-0.3, -0.25) is 4.79 Å². The van der Waals surface area contributed by atoms with Gasteiger partial charge in [-0.1, -0.05) is 30.3 Å². The van der Waals surface area contributed by atoms with Crippen molar-refractivity contribution in [3.63, 3.8) is 0 Å². The average molecular weight is 245 g/mol. The van der Waals surface area contributed by atoms with Crippen LogP contribution in [-0.4, -0.2) is 28.1 Å². The largest absolute Gasteiger partial charge is 0.393 e. The number of aliphatic hydroxyl groups excluding tert-OH is 1. The van der Waals surface area contributed by atoms with Crippen LogP contribution in [0.4, 0.5) is 0 Å². The number of benzene rings is 1. The Morgan fingerprint density at radius 1 is 1.22 bits per heavy atom. The van der Waals surface area contributed by atoms with E-state index in [0.29, 0.717) is 19.0 Å². The van der Waals surface area contributed by atoms with E-state index < -0.39 is 0 Å². The smallest absolute Gasteiger partial charge is 0.223 e. The summed E-state index contributed by atoms with van der Waals surface area (Å²) in [7, 11) is 0. The molecule has 1 aromatic carbocycles. The Labute approximate surface area is 107 Å². The van der Waals surface area contributed by atoms with E-state index in [1.54, 1.807) is 0 Å². The van der Waals surface area contributed by atoms with E-state index in [4.69, 9.17) is 0 Å². The lowest BCUT2D eigenvalue weighted by Gasteiger charge is -2.44. The van der Waals surface area contributed by atoms with E-state index in [1.807, 2.05) is 23.1 Å². The molecule has 2 fully saturated rings. The van der Waals surface area contributed by atoms with Crippen LogP contribution < -0.4 is 0 Å². The molecule has 3 atom stereocenters. The summed E-state index contributed by atoms with van der Waals surface area (Å²) in [6.45, 7) is 0.715. The van der Waals surface area contributed by atoms with Crippen LogP contribution in [0.25, 0.3) is 0 Å². The second-order valence-electron chi connectivity index (χ2n) is 5.51. The van der Waals surface area contributed by atoms with E-state index in [2.05, 4.69) is 12.1 Å². The molecular formula is C15H19NO2. The molecule has 1 aliphatic heterocycles. The fourth-order valence-electron chi connectivity index (χ4n) is 3.27. The molecule has 1 aromatic rings. The predicted molar refractivity (Wildman–Crippen MR) is 68.7 cm³/mol. The molecule has 1 aliphatic carbocycles. The van der Waals surface area contributed by atoms with Gasteiger partial charge in [0.15, 0.2) is 0 Å². The van der Waals surface area contributed by atoms with E-state index in [1.165, 1.54) is 5.56 Å². The normalized spacial score (nSPS) is 31.5. The van der Waals surface area contributed by atoms with Crippen molar-refractivity contribution >= 4 is 5.91 Å². The maximum atomic E-state index is 12.2. The highest BCUT2D eigenvalue weighted by atomic mass is 16.3. The van der Waals surface area contributed by atoms with Crippen molar-refractivity contribution in [1.29, 1.82) is 0 Å². The zero-order valence-corrected chi connectivity index (χ0v) is 10.5. The molecule has 96 valence electrons. The van der Waals surface area contributed by atoms with E-state index in [0.717, 1.165) is 19.3 Å². The maximum absolute atomic E-state index is 12.2. The van der Waals surface area contributed by atoms with Crippen molar-refractivity contribution in [1.82, 2.24) is 4.90 Å². The average Bonchev–Trinajstić information content (AvgIpc) is 2.39. The molecular weight excluding hydrogens is 226 g/mol. The SMILES string of the molecule is O=C1C[C@@H]2C[C@@H](CC[C@@H]2O)N1Cc1ccccc1. The monoisotopic (exact) mass is 245 g/mol. The van der Waals surface area contributed by atoms with E-state index >= 15 is 0 Å². The van der Waals surface area contributed by atoms with Gasteiger partial charge in [0.05, 0.1) is 6.10 Å². The predicted octanol–water partition coefficient (Wildman–Crippen LogP) is 1.95. The van der Waals surface area contributed by atoms with Crippen LogP contribution in [0.5, 0.6) is 0 Å². The van der Waals surface area contributed by atoms with Crippen LogP contribution in [0.3, 0.4) is 0 Å². The number of amides is 1. The van der Waals surface area contributed by atoms with Crippen molar-refractivity contribution in [3.05, 3.63) is 35.9 Å². The lowest BCUT2D eigenvalue weighted by atomic mass is 9.77. The number of aliphatic hydroxyl groups is 1. The fraction of sp³-hybridized carbons (Fsp3) is 0.533. The third-order valence-corrected chi connectivity index (χ3v) is 4.31. The van der Waals surface area contributed by atoms with Crippen LogP contribution in [0.1, 0.15) is 31.2 Å². The molecule has 2 bridgehead atoms. The highest BCUT2D eigenvalue weighted by Crippen LogP contribution is 2.36. The third-order valence-electron chi connectivity index (χ3n) is 4.31. The third kappa shape index (κ3) is 2.15. The summed E-state index contributed by atoms with van der Waals surface area (Å²) >= 11 is 0. The molecule has 3 rings (SSSR count). The van der Waals surface area contributed by atoms with Gasteiger partial charge in [0.2, 0.25) is 5.91 Å². The number of rotatable bonds is 2. The van der Waals surface area contributed by atoms with E-state index in [-0.39, 0.29) is 17.9 Å². The highest BCUT2D eigenvalue weighted by molar-refractivity contribution is 5.78. The molecule has 1 heterocycles. The number of likely N-dealkylation sites (tertiary alicyclic amines) is 1. The van der Waals surface area contributed by atoms with Crippen molar-refractivity contribution in [2.75, 3.05) is 0 Å². The number of hydrogen-bond donors (Lipinski definition) is 1. The van der Waals surface area contributed by atoms with Gasteiger partial charge in [-0.15, -0.1) is 0 Å². The summed E-state index contributed by atoms with van der Waals surface area (Å²) in [6.07, 6.45) is 3.01. The Hall–Kier alpha value is -1.35. The van der Waals surface area contributed by atoms with Crippen LogP contribution in [0.15, 0.2) is 30.3 Å². The van der Waals surface area contributed by atoms with Crippen LogP contribution in [0, 0.1) is 5.92 Å². The molecule has 1 saturated carbocycles. The Morgan fingerprint density at radius 3 is 2.78 bits per heavy atom. The number of carbonyl (C=O) groups is 1. The van der Waals surface area contributed by atoms with Gasteiger partial charge >= 0.3 is 0 Å². The number of hydrogen-bond acceptors (Lipinski definition) is 2. The molecule has 0 spiro atoms. The van der Waals surface area contributed by atoms with Gasteiger partial charge in [0.1, 0.15) is 0 Å². The number of carbonyl (C=O) groups excluding carboxylic acids is 1. The topological polar surface area (TPSA) is 40.5 Å². The molecule has 3 heteroatoms. The Balaban J connectivity index is 1.74. The molecule has 2 aliphatic rings. The molecule has 18 heavy (non-hydrogen) atoms. The maximum Gasteiger partial charge on any atom is 0.223 e. The molecule has 1 amide bonds. The first kappa shape index (κ1) is 11.7. The number of piperidine rings is 1. The minimum absolute atomic E-state index is 0.197. The summed E-state index contributed by atoms with van der Waals surface area (Å²) in [4.78, 5) is 14.2. The molecule has 1 N–H and O–H groups in total. The molecule has 0 radical (unpaired) electrons. The first-order valence-corrected chi connectivity index (χ1v) is 6.75. The highest BCUT2D eigenvalue weighted by Gasteiger charge is 2.40. The molecule has 3 nitrogen and oxygen atoms in total. The number of fused-ring (bicyclic) bond motifs is 2. The van der Waals surface area contributed by atoms with Crippen molar-refractivity contribution < 1.29 is 9.90 Å². The van der Waals surface area contributed by atoms with Crippen molar-refractivity contribution in [3.8, 4) is 0 Å². The fourth-order valence-corrected chi connectivity index (χ4v) is 3.27. The first-order chi connectivity index (χ1) is 8.74. The number of nitrogens with zero attached hydrogens (tertiary/aromatic N) is 1. The molecule has 1 saturated heterocycles. The molecule has 0 unspecified atom stereocenters. The van der Waals surface area contributed by atoms with Crippen molar-refractivity contribution in [2.24, 2.45) is 5.92 Å². The zero-order chi connectivity index (χ0) is 12.5. The summed E-state index contributed by atoms with van der Waals surface area (Å²) in [5, 5.41) is 9.84. The van der Waals surface area contributed by atoms with Gasteiger partial charge in [0, 0.05) is 19.0 Å². The lowest BCUT2D eigenvalue weighted by Crippen LogP contribution is -2.51. The van der Waals surface area contributed by atoms with Crippen molar-refractivity contribution in [2.45, 2.75) is 44.4 Å². The van der Waals surface area contributed by atoms with Crippen LogP contribution in [-0.2, 0) is 11.3 Å². The van der Waals surface area contributed by atoms with Gasteiger partial charge in [-0.05, 0) is 30.7 Å². The van der Waals surface area contributed by atoms with E-state index in [9.17, 15) is 9.90 Å². The minimum atomic E-state index is -0.260. The summed E-state index contributed by atoms with van der Waals surface area (Å²) in [6, 6.07) is 10.5. The zero-order valence-electron chi connectivity index (χ0n) is 10.5. The second-order valence-corrected chi connectivity index (χ2v) is 5.51. The van der Waals surface area contributed by atoms with Gasteiger partial charge in [-0.2, -0.15) is 0 Å². The summed E-state index contributed by atoms with van der Waals surface area (Å²) in [5.41, 5.74) is 1.19.